The Hall–Kier alpha value is -2.39. The van der Waals surface area contributed by atoms with Gasteiger partial charge in [0, 0.05) is 12.3 Å². The molecule has 0 unspecified atom stereocenters. The quantitative estimate of drug-likeness (QED) is 0.675. The molecule has 0 saturated carbocycles. The number of hydrogen-bond donors (Lipinski definition) is 0. The van der Waals surface area contributed by atoms with E-state index in [0.717, 1.165) is 0 Å². The number of pyridine rings is 1. The van der Waals surface area contributed by atoms with Gasteiger partial charge < -0.3 is 4.74 Å². The minimum absolute atomic E-state index is 0.420. The highest BCUT2D eigenvalue weighted by molar-refractivity contribution is 6.86. The van der Waals surface area contributed by atoms with Crippen LogP contribution in [0, 0.1) is 0 Å². The third-order valence-electron chi connectivity index (χ3n) is 4.07. The Labute approximate surface area is 139 Å². The van der Waals surface area contributed by atoms with Gasteiger partial charge in [0.2, 0.25) is 5.88 Å². The molecule has 1 atom stereocenters. The molecule has 0 aliphatic heterocycles. The average Bonchev–Trinajstić information content (AvgIpc) is 2.64. The molecule has 3 heteroatoms. The maximum Gasteiger partial charge on any atom is 0.212 e. The number of methoxy groups -OCH3 is 1. The predicted octanol–water partition coefficient (Wildman–Crippen LogP) is 3.04. The molecule has 0 bridgehead atoms. The van der Waals surface area contributed by atoms with E-state index in [2.05, 4.69) is 78.6 Å². The number of ether oxygens (including phenoxy) is 1. The summed E-state index contributed by atoms with van der Waals surface area (Å²) in [5.74, 6) is 0.661. The molecule has 2 aromatic carbocycles. The van der Waals surface area contributed by atoms with Gasteiger partial charge in [0.15, 0.2) is 0 Å². The molecule has 0 aliphatic carbocycles. The zero-order valence-corrected chi connectivity index (χ0v) is 14.4. The van der Waals surface area contributed by atoms with Crippen LogP contribution >= 0.6 is 0 Å². The van der Waals surface area contributed by atoms with Crippen molar-refractivity contribution >= 4 is 19.2 Å². The SMILES string of the molecule is COc1ccc([C@H](C)[Si](c2ccccc2)c2ccccc2)cn1. The molecule has 1 heterocycles. The molecule has 1 radical (unpaired) electrons. The lowest BCUT2D eigenvalue weighted by Crippen LogP contribution is -2.46. The van der Waals surface area contributed by atoms with E-state index in [-0.39, 0.29) is 0 Å². The van der Waals surface area contributed by atoms with Crippen molar-refractivity contribution in [2.75, 3.05) is 7.11 Å². The lowest BCUT2D eigenvalue weighted by Gasteiger charge is -2.23. The van der Waals surface area contributed by atoms with E-state index in [4.69, 9.17) is 4.74 Å². The molecule has 0 N–H and O–H groups in total. The molecule has 3 aromatic rings. The molecule has 0 aliphatic rings. The Kier molecular flexibility index (Phi) is 4.88. The smallest absolute Gasteiger partial charge is 0.212 e. The van der Waals surface area contributed by atoms with Crippen molar-refractivity contribution < 1.29 is 4.74 Å². The van der Waals surface area contributed by atoms with Crippen molar-refractivity contribution in [2.24, 2.45) is 0 Å². The van der Waals surface area contributed by atoms with E-state index in [1.807, 2.05) is 12.3 Å². The summed E-state index contributed by atoms with van der Waals surface area (Å²) < 4.78 is 5.18. The Morgan fingerprint density at radius 3 is 1.83 bits per heavy atom. The fourth-order valence-corrected chi connectivity index (χ4v) is 5.78. The second-order valence-corrected chi connectivity index (χ2v) is 8.35. The van der Waals surface area contributed by atoms with E-state index < -0.39 is 8.80 Å². The summed E-state index contributed by atoms with van der Waals surface area (Å²) in [7, 11) is 0.718. The first kappa shape index (κ1) is 15.5. The van der Waals surface area contributed by atoms with Crippen LogP contribution in [-0.2, 0) is 0 Å². The van der Waals surface area contributed by atoms with Crippen LogP contribution in [-0.4, -0.2) is 20.9 Å². The van der Waals surface area contributed by atoms with Crippen LogP contribution in [0.1, 0.15) is 18.0 Å². The third kappa shape index (κ3) is 3.51. The summed E-state index contributed by atoms with van der Waals surface area (Å²) in [4.78, 5) is 4.38. The lowest BCUT2D eigenvalue weighted by molar-refractivity contribution is 0.397. The molecule has 23 heavy (non-hydrogen) atoms. The number of aromatic nitrogens is 1. The van der Waals surface area contributed by atoms with E-state index in [0.29, 0.717) is 11.4 Å². The van der Waals surface area contributed by atoms with Crippen LogP contribution in [0.4, 0.5) is 0 Å². The fraction of sp³-hybridized carbons (Fsp3) is 0.150. The van der Waals surface area contributed by atoms with Gasteiger partial charge >= 0.3 is 0 Å². The maximum absolute atomic E-state index is 5.18. The molecular formula is C20H20NOSi. The summed E-state index contributed by atoms with van der Waals surface area (Å²) in [6, 6.07) is 25.7. The standard InChI is InChI=1S/C20H20NOSi/c1-16(17-13-14-20(22-2)21-15-17)23(18-9-5-3-6-10-18)19-11-7-4-8-12-19/h3-16H,1-2H3/t16-/m0/s1. The van der Waals surface area contributed by atoms with Gasteiger partial charge in [0.25, 0.3) is 0 Å². The van der Waals surface area contributed by atoms with Crippen LogP contribution < -0.4 is 15.1 Å². The van der Waals surface area contributed by atoms with Crippen molar-refractivity contribution in [3.05, 3.63) is 84.6 Å². The van der Waals surface area contributed by atoms with E-state index in [1.165, 1.54) is 15.9 Å². The normalized spacial score (nSPS) is 12.1. The van der Waals surface area contributed by atoms with Gasteiger partial charge in [-0.15, -0.1) is 0 Å². The van der Waals surface area contributed by atoms with E-state index in [9.17, 15) is 0 Å². The first-order valence-electron chi connectivity index (χ1n) is 7.77. The van der Waals surface area contributed by atoms with Crippen molar-refractivity contribution in [3.8, 4) is 5.88 Å². The third-order valence-corrected chi connectivity index (χ3v) is 7.18. The molecule has 115 valence electrons. The van der Waals surface area contributed by atoms with E-state index >= 15 is 0 Å². The van der Waals surface area contributed by atoms with Crippen molar-refractivity contribution in [1.29, 1.82) is 0 Å². The lowest BCUT2D eigenvalue weighted by atomic mass is 10.2. The summed E-state index contributed by atoms with van der Waals surface area (Å²) in [5, 5.41) is 2.85. The summed E-state index contributed by atoms with van der Waals surface area (Å²) in [6.07, 6.45) is 1.94. The van der Waals surface area contributed by atoms with Crippen molar-refractivity contribution in [3.63, 3.8) is 0 Å². The topological polar surface area (TPSA) is 22.1 Å². The van der Waals surface area contributed by atoms with Crippen molar-refractivity contribution in [2.45, 2.75) is 12.5 Å². The molecule has 0 amide bonds. The Morgan fingerprint density at radius 1 is 0.826 bits per heavy atom. The predicted molar refractivity (Wildman–Crippen MR) is 97.1 cm³/mol. The van der Waals surface area contributed by atoms with Crippen LogP contribution in [0.3, 0.4) is 0 Å². The number of hydrogen-bond acceptors (Lipinski definition) is 2. The van der Waals surface area contributed by atoms with Gasteiger partial charge in [-0.1, -0.05) is 84.0 Å². The second kappa shape index (κ2) is 7.25. The van der Waals surface area contributed by atoms with E-state index in [1.54, 1.807) is 7.11 Å². The van der Waals surface area contributed by atoms with Crippen LogP contribution in [0.2, 0.25) is 0 Å². The molecule has 2 nitrogen and oxygen atoms in total. The van der Waals surface area contributed by atoms with Gasteiger partial charge in [-0.05, 0) is 11.1 Å². The van der Waals surface area contributed by atoms with Gasteiger partial charge in [-0.2, -0.15) is 0 Å². The first-order chi connectivity index (χ1) is 11.3. The van der Waals surface area contributed by atoms with Gasteiger partial charge in [0.1, 0.15) is 8.80 Å². The monoisotopic (exact) mass is 318 g/mol. The summed E-state index contributed by atoms with van der Waals surface area (Å²) in [6.45, 7) is 2.30. The highest BCUT2D eigenvalue weighted by Gasteiger charge is 2.25. The van der Waals surface area contributed by atoms with Gasteiger partial charge in [0.05, 0.1) is 7.11 Å². The molecule has 3 rings (SSSR count). The van der Waals surface area contributed by atoms with Gasteiger partial charge in [-0.25, -0.2) is 4.98 Å². The van der Waals surface area contributed by atoms with Crippen LogP contribution in [0.15, 0.2) is 79.0 Å². The zero-order chi connectivity index (χ0) is 16.1. The molecular weight excluding hydrogens is 298 g/mol. The number of nitrogens with zero attached hydrogens (tertiary/aromatic N) is 1. The van der Waals surface area contributed by atoms with Crippen molar-refractivity contribution in [1.82, 2.24) is 4.98 Å². The largest absolute Gasteiger partial charge is 0.481 e. The zero-order valence-electron chi connectivity index (χ0n) is 13.4. The van der Waals surface area contributed by atoms with Crippen LogP contribution in [0.5, 0.6) is 5.88 Å². The molecule has 0 fully saturated rings. The number of benzene rings is 2. The van der Waals surface area contributed by atoms with Crippen LogP contribution in [0.25, 0.3) is 0 Å². The minimum Gasteiger partial charge on any atom is -0.481 e. The Morgan fingerprint density at radius 2 is 1.39 bits per heavy atom. The summed E-state index contributed by atoms with van der Waals surface area (Å²) >= 11 is 0. The molecule has 0 saturated heterocycles. The number of rotatable bonds is 5. The summed E-state index contributed by atoms with van der Waals surface area (Å²) in [5.41, 5.74) is 1.68. The fourth-order valence-electron chi connectivity index (χ4n) is 2.84. The average molecular weight is 318 g/mol. The Bertz CT molecular complexity index is 689. The minimum atomic E-state index is -0.930. The highest BCUT2D eigenvalue weighted by Crippen LogP contribution is 2.19. The Balaban J connectivity index is 2.00. The molecule has 1 aromatic heterocycles. The maximum atomic E-state index is 5.18. The highest BCUT2D eigenvalue weighted by atomic mass is 28.3. The second-order valence-electron chi connectivity index (χ2n) is 5.50. The first-order valence-corrected chi connectivity index (χ1v) is 9.35. The van der Waals surface area contributed by atoms with Gasteiger partial charge in [-0.3, -0.25) is 0 Å². The molecule has 0 spiro atoms.